The van der Waals surface area contributed by atoms with E-state index in [4.69, 9.17) is 9.72 Å². The maximum atomic E-state index is 12.7. The van der Waals surface area contributed by atoms with E-state index in [1.54, 1.807) is 6.20 Å². The Kier molecular flexibility index (Phi) is 5.76. The topological polar surface area (TPSA) is 68.2 Å². The van der Waals surface area contributed by atoms with Crippen LogP contribution >= 0.6 is 11.8 Å². The van der Waals surface area contributed by atoms with Crippen LogP contribution in [0.25, 0.3) is 11.3 Å². The Balaban J connectivity index is 1.88. The molecule has 0 radical (unpaired) electrons. The monoisotopic (exact) mass is 406 g/mol. The summed E-state index contributed by atoms with van der Waals surface area (Å²) in [7, 11) is 0. The van der Waals surface area contributed by atoms with Crippen molar-refractivity contribution in [3.8, 4) is 11.3 Å². The standard InChI is InChI=1S/C22H22N4O2S/c1-3-28-21(27)17-14-18(15-8-5-4-6-9-15)24-20-16(17)10-7-13-26(20)19-11-12-23-22(25-19)29-2/h4-6,8-9,11-12,14H,3,7,10,13H2,1-2H3. The van der Waals surface area contributed by atoms with Gasteiger partial charge in [-0.05, 0) is 38.2 Å². The number of carbonyl (C=O) groups excluding carboxylic acids is 1. The summed E-state index contributed by atoms with van der Waals surface area (Å²) < 4.78 is 5.35. The molecule has 1 aliphatic rings. The van der Waals surface area contributed by atoms with E-state index >= 15 is 0 Å². The molecule has 0 atom stereocenters. The normalized spacial score (nSPS) is 13.1. The Hall–Kier alpha value is -2.93. The lowest BCUT2D eigenvalue weighted by Gasteiger charge is -2.31. The molecule has 7 heteroatoms. The number of aromatic nitrogens is 3. The number of fused-ring (bicyclic) bond motifs is 1. The predicted molar refractivity (Wildman–Crippen MR) is 115 cm³/mol. The summed E-state index contributed by atoms with van der Waals surface area (Å²) in [6.45, 7) is 2.94. The maximum Gasteiger partial charge on any atom is 0.338 e. The number of benzene rings is 1. The van der Waals surface area contributed by atoms with E-state index in [2.05, 4.69) is 14.9 Å². The molecular formula is C22H22N4O2S. The molecule has 0 bridgehead atoms. The molecule has 0 unspecified atom stereocenters. The minimum absolute atomic E-state index is 0.308. The largest absolute Gasteiger partial charge is 0.462 e. The molecule has 3 heterocycles. The van der Waals surface area contributed by atoms with Crippen molar-refractivity contribution in [1.82, 2.24) is 15.0 Å². The van der Waals surface area contributed by atoms with E-state index < -0.39 is 0 Å². The van der Waals surface area contributed by atoms with Crippen LogP contribution < -0.4 is 4.90 Å². The van der Waals surface area contributed by atoms with Crippen molar-refractivity contribution in [1.29, 1.82) is 0 Å². The van der Waals surface area contributed by atoms with Crippen molar-refractivity contribution in [2.45, 2.75) is 24.9 Å². The zero-order chi connectivity index (χ0) is 20.2. The molecular weight excluding hydrogens is 384 g/mol. The molecule has 3 aromatic rings. The number of carbonyl (C=O) groups is 1. The van der Waals surface area contributed by atoms with E-state index in [1.807, 2.05) is 55.6 Å². The molecule has 148 valence electrons. The van der Waals surface area contributed by atoms with Gasteiger partial charge in [0.25, 0.3) is 0 Å². The first-order valence-electron chi connectivity index (χ1n) is 9.62. The highest BCUT2D eigenvalue weighted by Gasteiger charge is 2.27. The lowest BCUT2D eigenvalue weighted by Crippen LogP contribution is -2.28. The van der Waals surface area contributed by atoms with Gasteiger partial charge in [0, 0.05) is 23.9 Å². The van der Waals surface area contributed by atoms with Gasteiger partial charge in [0.1, 0.15) is 11.6 Å². The van der Waals surface area contributed by atoms with Gasteiger partial charge in [0.2, 0.25) is 0 Å². The quantitative estimate of drug-likeness (QED) is 0.350. The summed E-state index contributed by atoms with van der Waals surface area (Å²) in [4.78, 5) is 28.7. The number of rotatable bonds is 5. The molecule has 0 saturated heterocycles. The molecule has 1 aliphatic heterocycles. The van der Waals surface area contributed by atoms with Crippen LogP contribution in [0.5, 0.6) is 0 Å². The number of thioether (sulfide) groups is 1. The second-order valence-corrected chi connectivity index (χ2v) is 7.37. The van der Waals surface area contributed by atoms with E-state index in [0.29, 0.717) is 17.3 Å². The number of ether oxygens (including phenoxy) is 1. The van der Waals surface area contributed by atoms with Gasteiger partial charge in [-0.25, -0.2) is 19.7 Å². The summed E-state index contributed by atoms with van der Waals surface area (Å²) in [6.07, 6.45) is 5.40. The van der Waals surface area contributed by atoms with Crippen molar-refractivity contribution in [3.05, 3.63) is 59.8 Å². The molecule has 0 amide bonds. The zero-order valence-electron chi connectivity index (χ0n) is 16.5. The van der Waals surface area contributed by atoms with Crippen LogP contribution in [0.4, 0.5) is 11.6 Å². The van der Waals surface area contributed by atoms with Crippen LogP contribution in [0.3, 0.4) is 0 Å². The Labute approximate surface area is 174 Å². The minimum atomic E-state index is -0.308. The van der Waals surface area contributed by atoms with Gasteiger partial charge in [-0.3, -0.25) is 0 Å². The van der Waals surface area contributed by atoms with Gasteiger partial charge < -0.3 is 9.64 Å². The van der Waals surface area contributed by atoms with E-state index in [-0.39, 0.29) is 5.97 Å². The second-order valence-electron chi connectivity index (χ2n) is 6.60. The lowest BCUT2D eigenvalue weighted by molar-refractivity contribution is 0.0525. The van der Waals surface area contributed by atoms with Crippen molar-refractivity contribution in [2.75, 3.05) is 24.3 Å². The maximum absolute atomic E-state index is 12.7. The Morgan fingerprint density at radius 3 is 2.79 bits per heavy atom. The summed E-state index contributed by atoms with van der Waals surface area (Å²) in [5.41, 5.74) is 3.20. The fourth-order valence-corrected chi connectivity index (χ4v) is 3.85. The summed E-state index contributed by atoms with van der Waals surface area (Å²) >= 11 is 1.50. The summed E-state index contributed by atoms with van der Waals surface area (Å²) in [6, 6.07) is 13.6. The zero-order valence-corrected chi connectivity index (χ0v) is 17.3. The highest BCUT2D eigenvalue weighted by Crippen LogP contribution is 2.36. The van der Waals surface area contributed by atoms with Crippen molar-refractivity contribution in [3.63, 3.8) is 0 Å². The number of esters is 1. The van der Waals surface area contributed by atoms with E-state index in [0.717, 1.165) is 47.8 Å². The van der Waals surface area contributed by atoms with Gasteiger partial charge >= 0.3 is 5.97 Å². The third-order valence-corrected chi connectivity index (χ3v) is 5.37. The molecule has 4 rings (SSSR count). The molecule has 0 spiro atoms. The molecule has 0 saturated carbocycles. The summed E-state index contributed by atoms with van der Waals surface area (Å²) in [5, 5.41) is 0.708. The van der Waals surface area contributed by atoms with Crippen LogP contribution in [0.1, 0.15) is 29.3 Å². The summed E-state index contributed by atoms with van der Waals surface area (Å²) in [5.74, 6) is 1.25. The van der Waals surface area contributed by atoms with E-state index in [9.17, 15) is 4.79 Å². The second kappa shape index (κ2) is 8.61. The first kappa shape index (κ1) is 19.4. The highest BCUT2D eigenvalue weighted by molar-refractivity contribution is 7.98. The van der Waals surface area contributed by atoms with Gasteiger partial charge in [-0.15, -0.1) is 0 Å². The van der Waals surface area contributed by atoms with Crippen LogP contribution in [0.15, 0.2) is 53.8 Å². The Morgan fingerprint density at radius 1 is 1.21 bits per heavy atom. The van der Waals surface area contributed by atoms with Crippen LogP contribution in [0, 0.1) is 0 Å². The van der Waals surface area contributed by atoms with Crippen LogP contribution in [-0.2, 0) is 11.2 Å². The number of pyridine rings is 1. The predicted octanol–water partition coefficient (Wildman–Crippen LogP) is 4.52. The minimum Gasteiger partial charge on any atom is -0.462 e. The smallest absolute Gasteiger partial charge is 0.338 e. The van der Waals surface area contributed by atoms with Crippen molar-refractivity contribution < 1.29 is 9.53 Å². The number of anilines is 2. The SMILES string of the molecule is CCOC(=O)c1cc(-c2ccccc2)nc2c1CCCN2c1ccnc(SC)n1. The van der Waals surface area contributed by atoms with Gasteiger partial charge in [-0.2, -0.15) is 0 Å². The van der Waals surface area contributed by atoms with Gasteiger partial charge in [0.05, 0.1) is 17.9 Å². The third kappa shape index (κ3) is 3.96. The molecule has 6 nitrogen and oxygen atoms in total. The lowest BCUT2D eigenvalue weighted by atomic mass is 9.97. The molecule has 2 aromatic heterocycles. The van der Waals surface area contributed by atoms with Gasteiger partial charge in [0.15, 0.2) is 5.16 Å². The average Bonchev–Trinajstić information content (AvgIpc) is 2.78. The molecule has 0 aliphatic carbocycles. The first-order chi connectivity index (χ1) is 14.2. The Bertz CT molecular complexity index is 1030. The number of nitrogens with zero attached hydrogens (tertiary/aromatic N) is 4. The molecule has 0 N–H and O–H groups in total. The first-order valence-corrected chi connectivity index (χ1v) is 10.8. The average molecular weight is 407 g/mol. The molecule has 0 fully saturated rings. The fraction of sp³-hybridized carbons (Fsp3) is 0.273. The highest BCUT2D eigenvalue weighted by atomic mass is 32.2. The van der Waals surface area contributed by atoms with Gasteiger partial charge in [-0.1, -0.05) is 42.1 Å². The van der Waals surface area contributed by atoms with Crippen LogP contribution in [0.2, 0.25) is 0 Å². The Morgan fingerprint density at radius 2 is 2.03 bits per heavy atom. The molecule has 1 aromatic carbocycles. The van der Waals surface area contributed by atoms with Crippen LogP contribution in [-0.4, -0.2) is 40.3 Å². The fourth-order valence-electron chi connectivity index (χ4n) is 3.50. The number of hydrogen-bond donors (Lipinski definition) is 0. The van der Waals surface area contributed by atoms with Crippen molar-refractivity contribution in [2.24, 2.45) is 0 Å². The van der Waals surface area contributed by atoms with E-state index in [1.165, 1.54) is 11.8 Å². The molecule has 29 heavy (non-hydrogen) atoms. The third-order valence-electron chi connectivity index (χ3n) is 4.81. The van der Waals surface area contributed by atoms with Crippen molar-refractivity contribution >= 4 is 29.4 Å². The number of hydrogen-bond acceptors (Lipinski definition) is 7.